The van der Waals surface area contributed by atoms with Gasteiger partial charge >= 0.3 is 0 Å². The van der Waals surface area contributed by atoms with Crippen LogP contribution in [0.4, 0.5) is 17.1 Å². The lowest BCUT2D eigenvalue weighted by molar-refractivity contribution is -0.114. The average molecular weight is 614 g/mol. The molecule has 4 aromatic carbocycles. The molecule has 2 N–H and O–H groups in total. The fourth-order valence-corrected chi connectivity index (χ4v) is 6.61. The molecule has 0 heterocycles. The molecule has 0 aromatic heterocycles. The molecule has 0 aliphatic heterocycles. The quantitative estimate of drug-likeness (QED) is 0.240. The molecule has 0 saturated carbocycles. The largest absolute Gasteiger partial charge is 0.495 e. The summed E-state index contributed by atoms with van der Waals surface area (Å²) in [4.78, 5) is 13.1. The first kappa shape index (κ1) is 29.9. The first-order valence-corrected chi connectivity index (χ1v) is 15.6. The van der Waals surface area contributed by atoms with E-state index in [2.05, 4.69) is 10.0 Å². The highest BCUT2D eigenvalue weighted by atomic mass is 35.5. The van der Waals surface area contributed by atoms with E-state index in [4.69, 9.17) is 16.3 Å². The van der Waals surface area contributed by atoms with E-state index in [-0.39, 0.29) is 31.9 Å². The van der Waals surface area contributed by atoms with Gasteiger partial charge in [-0.05, 0) is 86.1 Å². The Morgan fingerprint density at radius 1 is 0.805 bits per heavy atom. The van der Waals surface area contributed by atoms with Crippen LogP contribution < -0.4 is 19.1 Å². The van der Waals surface area contributed by atoms with Crippen LogP contribution in [0.3, 0.4) is 0 Å². The number of rotatable bonds is 10. The summed E-state index contributed by atoms with van der Waals surface area (Å²) in [5.74, 6) is -0.468. The molecule has 9 nitrogen and oxygen atoms in total. The third-order valence-electron chi connectivity index (χ3n) is 6.02. The molecule has 12 heteroatoms. The number of carbonyl (C=O) groups excluding carboxylic acids is 1. The third-order valence-corrected chi connectivity index (χ3v) is 9.43. The Balaban J connectivity index is 1.58. The number of aryl methyl sites for hydroxylation is 2. The third kappa shape index (κ3) is 7.18. The number of carbonyl (C=O) groups is 1. The van der Waals surface area contributed by atoms with E-state index >= 15 is 0 Å². The van der Waals surface area contributed by atoms with Crippen molar-refractivity contribution in [1.29, 1.82) is 0 Å². The zero-order chi connectivity index (χ0) is 29.8. The van der Waals surface area contributed by atoms with E-state index in [0.717, 1.165) is 15.4 Å². The maximum Gasteiger partial charge on any atom is 0.264 e. The van der Waals surface area contributed by atoms with Gasteiger partial charge in [-0.25, -0.2) is 16.8 Å². The molecule has 0 spiro atoms. The number of benzene rings is 4. The van der Waals surface area contributed by atoms with Crippen molar-refractivity contribution < 1.29 is 26.4 Å². The summed E-state index contributed by atoms with van der Waals surface area (Å²) >= 11 is 6.18. The molecule has 4 rings (SSSR count). The number of anilines is 3. The molecule has 0 radical (unpaired) electrons. The molecule has 1 amide bonds. The number of nitrogens with one attached hydrogen (secondary N) is 2. The lowest BCUT2D eigenvalue weighted by Crippen LogP contribution is -2.38. The number of hydrogen-bond acceptors (Lipinski definition) is 6. The van der Waals surface area contributed by atoms with Crippen LogP contribution in [-0.4, -0.2) is 36.4 Å². The van der Waals surface area contributed by atoms with Gasteiger partial charge in [0.2, 0.25) is 5.91 Å². The highest BCUT2D eigenvalue weighted by Crippen LogP contribution is 2.35. The first-order chi connectivity index (χ1) is 19.4. The Kier molecular flexibility index (Phi) is 8.91. The van der Waals surface area contributed by atoms with Gasteiger partial charge in [0.15, 0.2) is 0 Å². The maximum absolute atomic E-state index is 13.7. The van der Waals surface area contributed by atoms with E-state index in [1.54, 1.807) is 36.4 Å². The van der Waals surface area contributed by atoms with Crippen LogP contribution >= 0.6 is 11.6 Å². The average Bonchev–Trinajstić information content (AvgIpc) is 2.92. The molecule has 0 aliphatic rings. The highest BCUT2D eigenvalue weighted by Gasteiger charge is 2.30. The van der Waals surface area contributed by atoms with Crippen molar-refractivity contribution in [3.63, 3.8) is 0 Å². The molecule has 0 atom stereocenters. The second kappa shape index (κ2) is 12.2. The Labute approximate surface area is 244 Å². The van der Waals surface area contributed by atoms with Crippen molar-refractivity contribution in [2.24, 2.45) is 0 Å². The van der Waals surface area contributed by atoms with Crippen molar-refractivity contribution in [1.82, 2.24) is 0 Å². The predicted molar refractivity (Wildman–Crippen MR) is 161 cm³/mol. The van der Waals surface area contributed by atoms with Crippen LogP contribution in [0, 0.1) is 13.8 Å². The molecular weight excluding hydrogens is 586 g/mol. The van der Waals surface area contributed by atoms with Gasteiger partial charge in [-0.3, -0.25) is 13.8 Å². The van der Waals surface area contributed by atoms with E-state index in [9.17, 15) is 21.6 Å². The monoisotopic (exact) mass is 613 g/mol. The lowest BCUT2D eigenvalue weighted by Gasteiger charge is -2.26. The topological polar surface area (TPSA) is 122 Å². The smallest absolute Gasteiger partial charge is 0.264 e. The number of amides is 1. The normalized spacial score (nSPS) is 11.5. The van der Waals surface area contributed by atoms with Crippen molar-refractivity contribution in [3.05, 3.63) is 107 Å². The fourth-order valence-electron chi connectivity index (χ4n) is 3.97. The standard InChI is InChI=1S/C29H28ClN3O6S2/c1-20-7-12-26(13-8-20)41(37,38)33(27-18-22(30)9-16-28(27)39-3)19-29(34)31-23-10-14-25(15-11-23)40(35,36)32-24-6-4-5-21(2)17-24/h4-18,32H,19H2,1-3H3,(H,31,34). The van der Waals surface area contributed by atoms with Crippen LogP contribution in [0.2, 0.25) is 5.02 Å². The molecule has 0 saturated heterocycles. The minimum atomic E-state index is -4.22. The molecule has 4 aromatic rings. The molecule has 214 valence electrons. The summed E-state index contributed by atoms with van der Waals surface area (Å²) in [5.41, 5.74) is 2.55. The maximum atomic E-state index is 13.7. The predicted octanol–water partition coefficient (Wildman–Crippen LogP) is 5.60. The summed E-state index contributed by atoms with van der Waals surface area (Å²) in [6.07, 6.45) is 0. The Bertz CT molecular complexity index is 1780. The lowest BCUT2D eigenvalue weighted by atomic mass is 10.2. The van der Waals surface area contributed by atoms with Crippen LogP contribution in [0.5, 0.6) is 5.75 Å². The minimum Gasteiger partial charge on any atom is -0.495 e. The van der Waals surface area contributed by atoms with Gasteiger partial charge in [0.05, 0.1) is 22.6 Å². The zero-order valence-corrected chi connectivity index (χ0v) is 24.8. The minimum absolute atomic E-state index is 0.00996. The van der Waals surface area contributed by atoms with Crippen LogP contribution in [-0.2, 0) is 24.8 Å². The van der Waals surface area contributed by atoms with E-state index in [1.165, 1.54) is 55.6 Å². The van der Waals surface area contributed by atoms with Crippen molar-refractivity contribution in [3.8, 4) is 5.75 Å². The molecule has 0 bridgehead atoms. The van der Waals surface area contributed by atoms with Gasteiger partial charge in [-0.1, -0.05) is 41.4 Å². The second-order valence-corrected chi connectivity index (χ2v) is 13.2. The number of ether oxygens (including phenoxy) is 1. The van der Waals surface area contributed by atoms with Crippen molar-refractivity contribution in [2.75, 3.05) is 28.0 Å². The molecule has 41 heavy (non-hydrogen) atoms. The van der Waals surface area contributed by atoms with Crippen molar-refractivity contribution >= 4 is 54.6 Å². The van der Waals surface area contributed by atoms with Gasteiger partial charge in [-0.2, -0.15) is 0 Å². The SMILES string of the molecule is COc1ccc(Cl)cc1N(CC(=O)Nc1ccc(S(=O)(=O)Nc2cccc(C)c2)cc1)S(=O)(=O)c1ccc(C)cc1. The van der Waals surface area contributed by atoms with Crippen LogP contribution in [0.15, 0.2) is 101 Å². The van der Waals surface area contributed by atoms with Gasteiger partial charge in [0.25, 0.3) is 20.0 Å². The first-order valence-electron chi connectivity index (χ1n) is 12.3. The van der Waals surface area contributed by atoms with Gasteiger partial charge in [0.1, 0.15) is 12.3 Å². The summed E-state index contributed by atoms with van der Waals surface area (Å²) in [6.45, 7) is 3.07. The number of sulfonamides is 2. The van der Waals surface area contributed by atoms with Crippen LogP contribution in [0.1, 0.15) is 11.1 Å². The van der Waals surface area contributed by atoms with Gasteiger partial charge < -0.3 is 10.1 Å². The van der Waals surface area contributed by atoms with E-state index in [1.807, 2.05) is 19.9 Å². The molecule has 0 fully saturated rings. The summed E-state index contributed by atoms with van der Waals surface area (Å²) in [5, 5.41) is 2.88. The molecular formula is C29H28ClN3O6S2. The second-order valence-electron chi connectivity index (χ2n) is 9.19. The summed E-state index contributed by atoms with van der Waals surface area (Å²) < 4.78 is 61.8. The number of methoxy groups -OCH3 is 1. The number of hydrogen-bond donors (Lipinski definition) is 2. The van der Waals surface area contributed by atoms with Crippen LogP contribution in [0.25, 0.3) is 0 Å². The van der Waals surface area contributed by atoms with Crippen molar-refractivity contribution in [2.45, 2.75) is 23.6 Å². The molecule has 0 aliphatic carbocycles. The molecule has 0 unspecified atom stereocenters. The number of halogens is 1. The summed E-state index contributed by atoms with van der Waals surface area (Å²) in [6, 6.07) is 23.1. The fraction of sp³-hybridized carbons (Fsp3) is 0.138. The van der Waals surface area contributed by atoms with E-state index < -0.39 is 32.5 Å². The Hall–Kier alpha value is -4.06. The number of nitrogens with zero attached hydrogens (tertiary/aromatic N) is 1. The highest BCUT2D eigenvalue weighted by molar-refractivity contribution is 7.93. The Morgan fingerprint density at radius 2 is 1.46 bits per heavy atom. The Morgan fingerprint density at radius 3 is 2.10 bits per heavy atom. The summed E-state index contributed by atoms with van der Waals surface area (Å²) in [7, 11) is -6.71. The van der Waals surface area contributed by atoms with Gasteiger partial charge in [0, 0.05) is 16.4 Å². The zero-order valence-electron chi connectivity index (χ0n) is 22.5. The van der Waals surface area contributed by atoms with Gasteiger partial charge in [-0.15, -0.1) is 0 Å². The van der Waals surface area contributed by atoms with E-state index in [0.29, 0.717) is 5.69 Å².